The number of aliphatic carboxylic acids is 1. The van der Waals surface area contributed by atoms with E-state index in [1.807, 2.05) is 0 Å². The standard InChI is InChI=1S/C18H16Cl2N2O4/c19-11-8-14(20)16(21-10-11)26-13-4-2-12(3-5-13)22-15(23)9-18(17(24)25)6-1-7-18/h2-5,8,10H,1,6-7,9H2,(H,22,23)(H,24,25). The highest BCUT2D eigenvalue weighted by Crippen LogP contribution is 2.44. The summed E-state index contributed by atoms with van der Waals surface area (Å²) in [5.41, 5.74) is -0.359. The number of carboxylic acid groups (broad SMARTS) is 1. The van der Waals surface area contributed by atoms with Gasteiger partial charge in [0.15, 0.2) is 0 Å². The van der Waals surface area contributed by atoms with Gasteiger partial charge in [0.2, 0.25) is 11.8 Å². The van der Waals surface area contributed by atoms with E-state index in [4.69, 9.17) is 27.9 Å². The van der Waals surface area contributed by atoms with Crippen LogP contribution in [0.2, 0.25) is 10.0 Å². The van der Waals surface area contributed by atoms with E-state index in [1.54, 1.807) is 24.3 Å². The zero-order valence-corrected chi connectivity index (χ0v) is 15.2. The number of ether oxygens (including phenoxy) is 1. The fourth-order valence-electron chi connectivity index (χ4n) is 2.78. The molecule has 0 saturated heterocycles. The molecule has 8 heteroatoms. The molecular weight excluding hydrogens is 379 g/mol. The number of benzene rings is 1. The molecule has 26 heavy (non-hydrogen) atoms. The number of pyridine rings is 1. The lowest BCUT2D eigenvalue weighted by Gasteiger charge is -2.36. The lowest BCUT2D eigenvalue weighted by atomic mass is 9.66. The molecule has 136 valence electrons. The molecule has 1 fully saturated rings. The summed E-state index contributed by atoms with van der Waals surface area (Å²) in [4.78, 5) is 27.5. The Hall–Kier alpha value is -2.31. The van der Waals surface area contributed by atoms with Gasteiger partial charge in [-0.3, -0.25) is 9.59 Å². The molecule has 2 N–H and O–H groups in total. The topological polar surface area (TPSA) is 88.5 Å². The minimum atomic E-state index is -0.913. The summed E-state index contributed by atoms with van der Waals surface area (Å²) < 4.78 is 5.57. The number of aromatic nitrogens is 1. The highest BCUT2D eigenvalue weighted by Gasteiger charge is 2.45. The second kappa shape index (κ2) is 7.51. The van der Waals surface area contributed by atoms with Gasteiger partial charge >= 0.3 is 5.97 Å². The lowest BCUT2D eigenvalue weighted by Crippen LogP contribution is -2.41. The average molecular weight is 395 g/mol. The number of carbonyl (C=O) groups is 2. The van der Waals surface area contributed by atoms with Crippen LogP contribution in [0.15, 0.2) is 36.5 Å². The van der Waals surface area contributed by atoms with Gasteiger partial charge in [0, 0.05) is 18.3 Å². The predicted molar refractivity (Wildman–Crippen MR) is 97.9 cm³/mol. The Morgan fingerprint density at radius 3 is 2.46 bits per heavy atom. The van der Waals surface area contributed by atoms with Crippen LogP contribution in [-0.4, -0.2) is 22.0 Å². The molecule has 1 amide bonds. The number of hydrogen-bond acceptors (Lipinski definition) is 4. The Morgan fingerprint density at radius 2 is 1.92 bits per heavy atom. The third kappa shape index (κ3) is 4.08. The van der Waals surface area contributed by atoms with Crippen molar-refractivity contribution in [2.24, 2.45) is 5.41 Å². The van der Waals surface area contributed by atoms with Gasteiger partial charge in [0.1, 0.15) is 10.8 Å². The van der Waals surface area contributed by atoms with Crippen LogP contribution in [0.25, 0.3) is 0 Å². The van der Waals surface area contributed by atoms with Gasteiger partial charge in [0.05, 0.1) is 10.4 Å². The summed E-state index contributed by atoms with van der Waals surface area (Å²) in [6.07, 6.45) is 3.32. The Bertz CT molecular complexity index is 836. The first-order chi connectivity index (χ1) is 12.4. The van der Waals surface area contributed by atoms with Crippen LogP contribution in [0.3, 0.4) is 0 Å². The van der Waals surface area contributed by atoms with E-state index >= 15 is 0 Å². The van der Waals surface area contributed by atoms with Crippen LogP contribution in [0.1, 0.15) is 25.7 Å². The van der Waals surface area contributed by atoms with E-state index in [1.165, 1.54) is 12.3 Å². The summed E-state index contributed by atoms with van der Waals surface area (Å²) in [6, 6.07) is 8.15. The van der Waals surface area contributed by atoms with Gasteiger partial charge in [-0.1, -0.05) is 29.6 Å². The van der Waals surface area contributed by atoms with Crippen molar-refractivity contribution in [3.8, 4) is 11.6 Å². The molecule has 0 unspecified atom stereocenters. The van der Waals surface area contributed by atoms with Crippen LogP contribution < -0.4 is 10.1 Å². The maximum atomic E-state index is 12.1. The summed E-state index contributed by atoms with van der Waals surface area (Å²) in [7, 11) is 0. The number of halogens is 2. The first kappa shape index (κ1) is 18.5. The van der Waals surface area contributed by atoms with Crippen molar-refractivity contribution in [2.75, 3.05) is 5.32 Å². The van der Waals surface area contributed by atoms with Crippen molar-refractivity contribution in [3.63, 3.8) is 0 Å². The molecule has 6 nitrogen and oxygen atoms in total. The van der Waals surface area contributed by atoms with Gasteiger partial charge < -0.3 is 15.2 Å². The Labute approximate surface area is 160 Å². The van der Waals surface area contributed by atoms with E-state index in [-0.39, 0.29) is 23.2 Å². The van der Waals surface area contributed by atoms with Crippen molar-refractivity contribution in [2.45, 2.75) is 25.7 Å². The number of amides is 1. The third-order valence-corrected chi connectivity index (χ3v) is 4.87. The second-order valence-corrected chi connectivity index (χ2v) is 7.07. The van der Waals surface area contributed by atoms with Crippen LogP contribution in [-0.2, 0) is 9.59 Å². The second-order valence-electron chi connectivity index (χ2n) is 6.23. The molecule has 1 aromatic carbocycles. The van der Waals surface area contributed by atoms with Gasteiger partial charge in [-0.05, 0) is 43.2 Å². The quantitative estimate of drug-likeness (QED) is 0.736. The van der Waals surface area contributed by atoms with Crippen LogP contribution in [0.5, 0.6) is 11.6 Å². The maximum Gasteiger partial charge on any atom is 0.310 e. The summed E-state index contributed by atoms with van der Waals surface area (Å²) in [6.45, 7) is 0. The number of hydrogen-bond donors (Lipinski definition) is 2. The first-order valence-electron chi connectivity index (χ1n) is 8.00. The van der Waals surface area contributed by atoms with Crippen molar-refractivity contribution in [1.29, 1.82) is 0 Å². The lowest BCUT2D eigenvalue weighted by molar-refractivity contribution is -0.157. The molecular formula is C18H16Cl2N2O4. The molecule has 2 aromatic rings. The number of nitrogens with one attached hydrogen (secondary N) is 1. The molecule has 0 aliphatic heterocycles. The van der Waals surface area contributed by atoms with Crippen LogP contribution in [0.4, 0.5) is 5.69 Å². The fraction of sp³-hybridized carbons (Fsp3) is 0.278. The molecule has 0 radical (unpaired) electrons. The van der Waals surface area contributed by atoms with E-state index in [9.17, 15) is 14.7 Å². The fourth-order valence-corrected chi connectivity index (χ4v) is 3.20. The van der Waals surface area contributed by atoms with Crippen molar-refractivity contribution >= 4 is 40.8 Å². The van der Waals surface area contributed by atoms with Crippen molar-refractivity contribution < 1.29 is 19.4 Å². The zero-order valence-electron chi connectivity index (χ0n) is 13.7. The van der Waals surface area contributed by atoms with Crippen LogP contribution in [0, 0.1) is 5.41 Å². The Balaban J connectivity index is 1.60. The van der Waals surface area contributed by atoms with Gasteiger partial charge in [-0.15, -0.1) is 0 Å². The van der Waals surface area contributed by atoms with E-state index in [0.717, 1.165) is 6.42 Å². The maximum absolute atomic E-state index is 12.1. The normalized spacial score (nSPS) is 15.0. The monoisotopic (exact) mass is 394 g/mol. The van der Waals surface area contributed by atoms with Crippen molar-refractivity contribution in [3.05, 3.63) is 46.6 Å². The highest BCUT2D eigenvalue weighted by molar-refractivity contribution is 6.35. The van der Waals surface area contributed by atoms with Gasteiger partial charge in [-0.2, -0.15) is 0 Å². The number of rotatable bonds is 6. The van der Waals surface area contributed by atoms with Gasteiger partial charge in [0.25, 0.3) is 0 Å². The number of carboxylic acids is 1. The van der Waals surface area contributed by atoms with E-state index in [2.05, 4.69) is 10.3 Å². The van der Waals surface area contributed by atoms with Crippen molar-refractivity contribution in [1.82, 2.24) is 4.98 Å². The van der Waals surface area contributed by atoms with Gasteiger partial charge in [-0.25, -0.2) is 4.98 Å². The Kier molecular flexibility index (Phi) is 5.34. The number of carbonyl (C=O) groups excluding carboxylic acids is 1. The minimum Gasteiger partial charge on any atom is -0.481 e. The van der Waals surface area contributed by atoms with E-state index in [0.29, 0.717) is 29.3 Å². The predicted octanol–water partition coefficient (Wildman–Crippen LogP) is 4.76. The number of nitrogens with zero attached hydrogens (tertiary/aromatic N) is 1. The molecule has 1 aliphatic rings. The molecule has 1 heterocycles. The first-order valence-corrected chi connectivity index (χ1v) is 8.76. The van der Waals surface area contributed by atoms with Crippen LogP contribution >= 0.6 is 23.2 Å². The smallest absolute Gasteiger partial charge is 0.310 e. The van der Waals surface area contributed by atoms with E-state index < -0.39 is 11.4 Å². The minimum absolute atomic E-state index is 0.0229. The molecule has 0 spiro atoms. The summed E-state index contributed by atoms with van der Waals surface area (Å²) >= 11 is 11.8. The molecule has 0 atom stereocenters. The molecule has 1 saturated carbocycles. The highest BCUT2D eigenvalue weighted by atomic mass is 35.5. The molecule has 3 rings (SSSR count). The number of anilines is 1. The summed E-state index contributed by atoms with van der Waals surface area (Å²) in [5, 5.41) is 12.7. The SMILES string of the molecule is O=C(CC1(C(=O)O)CCC1)Nc1ccc(Oc2ncc(Cl)cc2Cl)cc1. The molecule has 1 aliphatic carbocycles. The molecule has 1 aromatic heterocycles. The average Bonchev–Trinajstić information content (AvgIpc) is 2.55. The zero-order chi connectivity index (χ0) is 18.7. The summed E-state index contributed by atoms with van der Waals surface area (Å²) in [5.74, 6) is -0.514. The largest absolute Gasteiger partial charge is 0.481 e. The molecule has 0 bridgehead atoms. The Morgan fingerprint density at radius 1 is 1.23 bits per heavy atom. The third-order valence-electron chi connectivity index (χ3n) is 4.39.